The summed E-state index contributed by atoms with van der Waals surface area (Å²) in [5.74, 6) is 0.331. The smallest absolute Gasteiger partial charge is 0.260 e. The number of hydrogen-bond donors (Lipinski definition) is 0. The predicted octanol–water partition coefficient (Wildman–Crippen LogP) is 4.18. The van der Waals surface area contributed by atoms with E-state index in [4.69, 9.17) is 4.98 Å². The van der Waals surface area contributed by atoms with Gasteiger partial charge in [0, 0.05) is 44.6 Å². The molecule has 0 radical (unpaired) electrons. The summed E-state index contributed by atoms with van der Waals surface area (Å²) >= 11 is 0. The van der Waals surface area contributed by atoms with Gasteiger partial charge in [-0.1, -0.05) is 36.4 Å². The van der Waals surface area contributed by atoms with Crippen LogP contribution in [-0.2, 0) is 13.1 Å². The first-order valence-electron chi connectivity index (χ1n) is 12.0. The molecule has 2 aromatic carbocycles. The maximum absolute atomic E-state index is 13.5. The van der Waals surface area contributed by atoms with Gasteiger partial charge in [-0.2, -0.15) is 10.2 Å². The van der Waals surface area contributed by atoms with Crippen LogP contribution in [0.25, 0.3) is 0 Å². The third kappa shape index (κ3) is 5.72. The van der Waals surface area contributed by atoms with E-state index in [1.807, 2.05) is 18.2 Å². The second-order valence-electron chi connectivity index (χ2n) is 8.77. The van der Waals surface area contributed by atoms with E-state index in [2.05, 4.69) is 44.3 Å². The Hall–Kier alpha value is -4.17. The molecule has 0 aliphatic carbocycles. The molecular weight excluding hydrogens is 455 g/mol. The molecule has 0 unspecified atom stereocenters. The summed E-state index contributed by atoms with van der Waals surface area (Å²) < 4.78 is 13.5. The zero-order valence-corrected chi connectivity index (χ0v) is 19.9. The van der Waals surface area contributed by atoms with Crippen LogP contribution < -0.4 is 9.80 Å². The monoisotopic (exact) mass is 482 g/mol. The van der Waals surface area contributed by atoms with E-state index in [0.29, 0.717) is 17.8 Å². The number of aromatic nitrogens is 3. The number of rotatable bonds is 7. The molecule has 5 rings (SSSR count). The van der Waals surface area contributed by atoms with Gasteiger partial charge >= 0.3 is 0 Å². The molecule has 2 aromatic heterocycles. The summed E-state index contributed by atoms with van der Waals surface area (Å²) in [5.41, 5.74) is 3.21. The Balaban J connectivity index is 1.25. The standard InChI is InChI=1S/C28H27FN6O/c29-25-7-9-26(10-8-25)35(28(36)24-12-13-31-32-19-24)21-23-6-11-27(30-18-23)34-16-14-33(15-17-34)20-22-4-2-1-3-5-22/h1-13,18-19H,14-17,20-21H2. The van der Waals surface area contributed by atoms with Gasteiger partial charge in [-0.3, -0.25) is 9.69 Å². The zero-order valence-electron chi connectivity index (χ0n) is 19.9. The normalized spacial score (nSPS) is 14.0. The van der Waals surface area contributed by atoms with Crippen LogP contribution in [0.15, 0.2) is 91.4 Å². The van der Waals surface area contributed by atoms with Crippen molar-refractivity contribution in [3.05, 3.63) is 114 Å². The van der Waals surface area contributed by atoms with E-state index >= 15 is 0 Å². The summed E-state index contributed by atoms with van der Waals surface area (Å²) in [6, 6.07) is 22.0. The number of halogens is 1. The lowest BCUT2D eigenvalue weighted by molar-refractivity contribution is 0.0984. The molecule has 0 atom stereocenters. The largest absolute Gasteiger partial charge is 0.354 e. The molecule has 1 aliphatic rings. The van der Waals surface area contributed by atoms with Crippen molar-refractivity contribution in [3.8, 4) is 0 Å². The first-order valence-corrected chi connectivity index (χ1v) is 12.0. The Bertz CT molecular complexity index is 1260. The Labute approximate surface area is 209 Å². The highest BCUT2D eigenvalue weighted by atomic mass is 19.1. The summed E-state index contributed by atoms with van der Waals surface area (Å²) in [4.78, 5) is 24.3. The molecule has 1 amide bonds. The number of benzene rings is 2. The van der Waals surface area contributed by atoms with Gasteiger partial charge in [-0.25, -0.2) is 9.37 Å². The van der Waals surface area contributed by atoms with E-state index < -0.39 is 0 Å². The first kappa shape index (κ1) is 23.6. The predicted molar refractivity (Wildman–Crippen MR) is 137 cm³/mol. The molecule has 0 saturated carbocycles. The van der Waals surface area contributed by atoms with Crippen molar-refractivity contribution >= 4 is 17.4 Å². The van der Waals surface area contributed by atoms with Gasteiger partial charge in [-0.05, 0) is 47.5 Å². The van der Waals surface area contributed by atoms with Gasteiger partial charge in [0.1, 0.15) is 11.6 Å². The van der Waals surface area contributed by atoms with Gasteiger partial charge in [0.25, 0.3) is 5.91 Å². The minimum absolute atomic E-state index is 0.241. The van der Waals surface area contributed by atoms with Gasteiger partial charge in [0.2, 0.25) is 0 Å². The Morgan fingerprint density at radius 1 is 0.833 bits per heavy atom. The van der Waals surface area contributed by atoms with Crippen molar-refractivity contribution in [3.63, 3.8) is 0 Å². The van der Waals surface area contributed by atoms with Crippen molar-refractivity contribution < 1.29 is 9.18 Å². The van der Waals surface area contributed by atoms with Gasteiger partial charge in [0.05, 0.1) is 24.5 Å². The van der Waals surface area contributed by atoms with Crippen LogP contribution in [0.2, 0.25) is 0 Å². The van der Waals surface area contributed by atoms with Crippen LogP contribution in [0, 0.1) is 5.82 Å². The third-order valence-electron chi connectivity index (χ3n) is 6.31. The van der Waals surface area contributed by atoms with Gasteiger partial charge in [0.15, 0.2) is 0 Å². The summed E-state index contributed by atoms with van der Waals surface area (Å²) in [6.07, 6.45) is 4.71. The molecule has 0 spiro atoms. The number of nitrogens with zero attached hydrogens (tertiary/aromatic N) is 6. The number of piperazine rings is 1. The molecule has 0 bridgehead atoms. The van der Waals surface area contributed by atoms with Crippen LogP contribution in [0.3, 0.4) is 0 Å². The maximum Gasteiger partial charge on any atom is 0.260 e. The highest BCUT2D eigenvalue weighted by molar-refractivity contribution is 6.05. The average molecular weight is 483 g/mol. The summed E-state index contributed by atoms with van der Waals surface area (Å²) in [7, 11) is 0. The molecule has 3 heterocycles. The summed E-state index contributed by atoms with van der Waals surface area (Å²) in [5, 5.41) is 7.56. The fourth-order valence-corrected chi connectivity index (χ4v) is 4.33. The van der Waals surface area contributed by atoms with E-state index in [1.165, 1.54) is 30.1 Å². The molecule has 1 fully saturated rings. The van der Waals surface area contributed by atoms with Crippen LogP contribution in [-0.4, -0.2) is 52.2 Å². The number of anilines is 2. The molecule has 7 nitrogen and oxygen atoms in total. The van der Waals surface area contributed by atoms with Crippen molar-refractivity contribution in [2.75, 3.05) is 36.0 Å². The maximum atomic E-state index is 13.5. The molecular formula is C28H27FN6O. The number of carbonyl (C=O) groups excluding carboxylic acids is 1. The fraction of sp³-hybridized carbons (Fsp3) is 0.214. The highest BCUT2D eigenvalue weighted by Crippen LogP contribution is 2.22. The van der Waals surface area contributed by atoms with E-state index in [-0.39, 0.29) is 11.7 Å². The minimum atomic E-state index is -0.355. The van der Waals surface area contributed by atoms with E-state index in [0.717, 1.165) is 44.1 Å². The first-order chi connectivity index (χ1) is 17.7. The van der Waals surface area contributed by atoms with Gasteiger partial charge in [-0.15, -0.1) is 0 Å². The molecule has 4 aromatic rings. The summed E-state index contributed by atoms with van der Waals surface area (Å²) in [6.45, 7) is 5.03. The molecule has 0 N–H and O–H groups in total. The van der Waals surface area contributed by atoms with Crippen LogP contribution >= 0.6 is 0 Å². The average Bonchev–Trinajstić information content (AvgIpc) is 2.94. The molecule has 182 valence electrons. The zero-order chi connectivity index (χ0) is 24.7. The molecule has 1 aliphatic heterocycles. The molecule has 1 saturated heterocycles. The second kappa shape index (κ2) is 11.0. The van der Waals surface area contributed by atoms with Crippen molar-refractivity contribution in [1.29, 1.82) is 0 Å². The lowest BCUT2D eigenvalue weighted by Crippen LogP contribution is -2.46. The van der Waals surface area contributed by atoms with Crippen molar-refractivity contribution in [2.45, 2.75) is 13.1 Å². The number of amides is 1. The Morgan fingerprint density at radius 2 is 1.61 bits per heavy atom. The SMILES string of the molecule is O=C(c1ccnnc1)N(Cc1ccc(N2CCN(Cc3ccccc3)CC2)nc1)c1ccc(F)cc1. The van der Waals surface area contributed by atoms with E-state index in [9.17, 15) is 9.18 Å². The van der Waals surface area contributed by atoms with Gasteiger partial charge < -0.3 is 9.80 Å². The fourth-order valence-electron chi connectivity index (χ4n) is 4.33. The number of carbonyl (C=O) groups is 1. The number of pyridine rings is 1. The van der Waals surface area contributed by atoms with Crippen LogP contribution in [0.4, 0.5) is 15.9 Å². The minimum Gasteiger partial charge on any atom is -0.354 e. The van der Waals surface area contributed by atoms with Crippen LogP contribution in [0.1, 0.15) is 21.5 Å². The number of hydrogen-bond acceptors (Lipinski definition) is 6. The second-order valence-corrected chi connectivity index (χ2v) is 8.77. The van der Waals surface area contributed by atoms with Crippen LogP contribution in [0.5, 0.6) is 0 Å². The molecule has 8 heteroatoms. The topological polar surface area (TPSA) is 65.5 Å². The lowest BCUT2D eigenvalue weighted by Gasteiger charge is -2.35. The van der Waals surface area contributed by atoms with Crippen molar-refractivity contribution in [2.24, 2.45) is 0 Å². The lowest BCUT2D eigenvalue weighted by atomic mass is 10.1. The highest BCUT2D eigenvalue weighted by Gasteiger charge is 2.21. The Morgan fingerprint density at radius 3 is 2.28 bits per heavy atom. The molecule has 36 heavy (non-hydrogen) atoms. The quantitative estimate of drug-likeness (QED) is 0.394. The Kier molecular flexibility index (Phi) is 7.23. The van der Waals surface area contributed by atoms with E-state index in [1.54, 1.807) is 29.3 Å². The van der Waals surface area contributed by atoms with Crippen molar-refractivity contribution in [1.82, 2.24) is 20.1 Å². The third-order valence-corrected chi connectivity index (χ3v) is 6.31.